The van der Waals surface area contributed by atoms with E-state index in [9.17, 15) is 13.2 Å². The molecule has 0 saturated carbocycles. The van der Waals surface area contributed by atoms with Crippen LogP contribution in [0.4, 0.5) is 0 Å². The molecule has 0 bridgehead atoms. The van der Waals surface area contributed by atoms with E-state index in [1.807, 2.05) is 37.3 Å². The molecule has 3 aromatic rings. The molecular formula is C26H31N3O5S. The van der Waals surface area contributed by atoms with Crippen molar-refractivity contribution in [2.75, 3.05) is 13.1 Å². The maximum absolute atomic E-state index is 13.0. The number of benzene rings is 2. The van der Waals surface area contributed by atoms with Gasteiger partial charge in [0.15, 0.2) is 0 Å². The van der Waals surface area contributed by atoms with Gasteiger partial charge < -0.3 is 14.8 Å². The molecule has 35 heavy (non-hydrogen) atoms. The molecular weight excluding hydrogens is 466 g/mol. The predicted molar refractivity (Wildman–Crippen MR) is 134 cm³/mol. The normalized spacial score (nSPS) is 18.5. The average Bonchev–Trinajstić information content (AvgIpc) is 3.24. The van der Waals surface area contributed by atoms with Crippen LogP contribution in [0.15, 0.2) is 59.5 Å². The molecule has 1 aromatic heterocycles. The number of nitrogens with one attached hydrogen (secondary N) is 2. The van der Waals surface area contributed by atoms with E-state index in [0.29, 0.717) is 25.4 Å². The highest BCUT2D eigenvalue weighted by molar-refractivity contribution is 7.89. The number of carbonyl (C=O) groups is 1. The third kappa shape index (κ3) is 6.17. The first-order chi connectivity index (χ1) is 16.5. The van der Waals surface area contributed by atoms with E-state index in [4.69, 9.17) is 9.47 Å². The minimum atomic E-state index is -3.83. The molecule has 9 heteroatoms. The van der Waals surface area contributed by atoms with Crippen LogP contribution in [-0.2, 0) is 26.2 Å². The van der Waals surface area contributed by atoms with E-state index in [0.717, 1.165) is 22.2 Å². The zero-order valence-electron chi connectivity index (χ0n) is 20.4. The minimum absolute atomic E-state index is 0.102. The first-order valence-corrected chi connectivity index (χ1v) is 13.0. The lowest BCUT2D eigenvalue weighted by Gasteiger charge is -2.24. The van der Waals surface area contributed by atoms with Crippen molar-refractivity contribution in [1.29, 1.82) is 0 Å². The Labute approximate surface area is 206 Å². The number of esters is 1. The molecule has 4 rings (SSSR count). The monoisotopic (exact) mass is 497 g/mol. The van der Waals surface area contributed by atoms with Gasteiger partial charge in [-0.2, -0.15) is 0 Å². The quantitative estimate of drug-likeness (QED) is 0.482. The van der Waals surface area contributed by atoms with Gasteiger partial charge in [-0.1, -0.05) is 18.2 Å². The summed E-state index contributed by atoms with van der Waals surface area (Å²) in [5.41, 5.74) is 2.18. The first-order valence-electron chi connectivity index (χ1n) is 11.6. The fourth-order valence-corrected chi connectivity index (χ4v) is 5.36. The van der Waals surface area contributed by atoms with Crippen LogP contribution in [-0.4, -0.2) is 44.1 Å². The minimum Gasteiger partial charge on any atom is -0.489 e. The second-order valence-electron chi connectivity index (χ2n) is 9.73. The summed E-state index contributed by atoms with van der Waals surface area (Å²) >= 11 is 0. The summed E-state index contributed by atoms with van der Waals surface area (Å²) in [5, 5.41) is 4.09. The molecule has 2 unspecified atom stereocenters. The molecule has 0 radical (unpaired) electrons. The summed E-state index contributed by atoms with van der Waals surface area (Å²) in [4.78, 5) is 17.2. The van der Waals surface area contributed by atoms with E-state index in [1.54, 1.807) is 32.9 Å². The van der Waals surface area contributed by atoms with Crippen LogP contribution in [0.5, 0.6) is 5.75 Å². The number of fused-ring (bicyclic) bond motifs is 1. The molecule has 2 N–H and O–H groups in total. The maximum Gasteiger partial charge on any atom is 0.312 e. The summed E-state index contributed by atoms with van der Waals surface area (Å²) in [6, 6.07) is 15.5. The summed E-state index contributed by atoms with van der Waals surface area (Å²) in [6.45, 7) is 8.34. The number of carbonyl (C=O) groups excluding carboxylic acids is 1. The van der Waals surface area contributed by atoms with Crippen molar-refractivity contribution in [1.82, 2.24) is 15.0 Å². The number of ether oxygens (including phenoxy) is 2. The van der Waals surface area contributed by atoms with Crippen LogP contribution < -0.4 is 14.8 Å². The number of pyridine rings is 1. The van der Waals surface area contributed by atoms with Crippen molar-refractivity contribution in [2.45, 2.75) is 50.8 Å². The Morgan fingerprint density at radius 2 is 1.83 bits per heavy atom. The molecule has 0 spiro atoms. The van der Waals surface area contributed by atoms with Crippen LogP contribution in [0, 0.1) is 12.8 Å². The Kier molecular flexibility index (Phi) is 7.12. The molecule has 1 fully saturated rings. The summed E-state index contributed by atoms with van der Waals surface area (Å²) in [5.74, 6) is -0.459. The molecule has 2 aromatic carbocycles. The van der Waals surface area contributed by atoms with E-state index in [1.165, 1.54) is 12.1 Å². The van der Waals surface area contributed by atoms with Gasteiger partial charge in [-0.15, -0.1) is 0 Å². The summed E-state index contributed by atoms with van der Waals surface area (Å²) in [7, 11) is -3.83. The standard InChI is InChI=1S/C26H31N3O5S/c1-17-13-18(21-7-5-6-8-23(21)28-17)16-33-19-9-11-20(12-10-19)35(31,32)29-24-15-27-14-22(24)25(30)34-26(2,3)4/h5-13,22,24,27,29H,14-16H2,1-4H3. The largest absolute Gasteiger partial charge is 0.489 e. The Bertz CT molecular complexity index is 1320. The highest BCUT2D eigenvalue weighted by Gasteiger charge is 2.38. The Morgan fingerprint density at radius 3 is 2.54 bits per heavy atom. The molecule has 8 nitrogen and oxygen atoms in total. The molecule has 186 valence electrons. The lowest BCUT2D eigenvalue weighted by atomic mass is 10.0. The fraction of sp³-hybridized carbons (Fsp3) is 0.385. The number of nitrogens with zero attached hydrogens (tertiary/aromatic N) is 1. The Hall–Kier alpha value is -3.01. The van der Waals surface area contributed by atoms with Crippen molar-refractivity contribution in [3.05, 3.63) is 65.9 Å². The van der Waals surface area contributed by atoms with E-state index < -0.39 is 33.6 Å². The highest BCUT2D eigenvalue weighted by atomic mass is 32.2. The second kappa shape index (κ2) is 9.93. The maximum atomic E-state index is 13.0. The van der Waals surface area contributed by atoms with Crippen LogP contribution in [0.3, 0.4) is 0 Å². The van der Waals surface area contributed by atoms with Crippen LogP contribution >= 0.6 is 0 Å². The average molecular weight is 498 g/mol. The predicted octanol–water partition coefficient (Wildman–Crippen LogP) is 3.33. The van der Waals surface area contributed by atoms with Crippen molar-refractivity contribution >= 4 is 26.9 Å². The molecule has 1 aliphatic heterocycles. The zero-order valence-corrected chi connectivity index (χ0v) is 21.2. The topological polar surface area (TPSA) is 107 Å². The van der Waals surface area contributed by atoms with Crippen molar-refractivity contribution in [2.24, 2.45) is 5.92 Å². The first kappa shape index (κ1) is 25.1. The molecule has 0 aliphatic carbocycles. The van der Waals surface area contributed by atoms with Crippen molar-refractivity contribution < 1.29 is 22.7 Å². The van der Waals surface area contributed by atoms with Crippen molar-refractivity contribution in [3.8, 4) is 5.75 Å². The number of hydrogen-bond donors (Lipinski definition) is 2. The van der Waals surface area contributed by atoms with Crippen LogP contribution in [0.1, 0.15) is 32.0 Å². The van der Waals surface area contributed by atoms with Gasteiger partial charge in [-0.3, -0.25) is 9.78 Å². The molecule has 2 heterocycles. The molecule has 0 amide bonds. The van der Waals surface area contributed by atoms with Gasteiger partial charge in [0.1, 0.15) is 18.0 Å². The number of para-hydroxylation sites is 1. The van der Waals surface area contributed by atoms with E-state index >= 15 is 0 Å². The number of sulfonamides is 1. The lowest BCUT2D eigenvalue weighted by Crippen LogP contribution is -2.44. The molecule has 1 saturated heterocycles. The molecule has 1 aliphatic rings. The number of aromatic nitrogens is 1. The zero-order chi connectivity index (χ0) is 25.2. The SMILES string of the molecule is Cc1cc(COc2ccc(S(=O)(=O)NC3CNCC3C(=O)OC(C)(C)C)cc2)c2ccccc2n1. The van der Waals surface area contributed by atoms with Gasteiger partial charge in [0.2, 0.25) is 10.0 Å². The van der Waals surface area contributed by atoms with Gasteiger partial charge in [0, 0.05) is 35.8 Å². The highest BCUT2D eigenvalue weighted by Crippen LogP contribution is 2.23. The number of rotatable bonds is 7. The van der Waals surface area contributed by atoms with Gasteiger partial charge in [-0.25, -0.2) is 13.1 Å². The van der Waals surface area contributed by atoms with Gasteiger partial charge >= 0.3 is 5.97 Å². The number of aryl methyl sites for hydroxylation is 1. The lowest BCUT2D eigenvalue weighted by molar-refractivity contribution is -0.159. The molecule has 2 atom stereocenters. The van der Waals surface area contributed by atoms with E-state index in [2.05, 4.69) is 15.0 Å². The third-order valence-corrected chi connectivity index (χ3v) is 7.19. The summed E-state index contributed by atoms with van der Waals surface area (Å²) < 4.78 is 40.0. The van der Waals surface area contributed by atoms with Gasteiger partial charge in [0.25, 0.3) is 0 Å². The van der Waals surface area contributed by atoms with Gasteiger partial charge in [0.05, 0.1) is 16.3 Å². The summed E-state index contributed by atoms with van der Waals surface area (Å²) in [6.07, 6.45) is 0. The number of hydrogen-bond acceptors (Lipinski definition) is 7. The van der Waals surface area contributed by atoms with Gasteiger partial charge in [-0.05, 0) is 64.1 Å². The smallest absolute Gasteiger partial charge is 0.312 e. The van der Waals surface area contributed by atoms with Crippen molar-refractivity contribution in [3.63, 3.8) is 0 Å². The Morgan fingerprint density at radius 1 is 1.11 bits per heavy atom. The third-order valence-electron chi connectivity index (χ3n) is 5.69. The van der Waals surface area contributed by atoms with E-state index in [-0.39, 0.29) is 4.90 Å². The second-order valence-corrected chi connectivity index (χ2v) is 11.4. The van der Waals surface area contributed by atoms with Crippen LogP contribution in [0.25, 0.3) is 10.9 Å². The van der Waals surface area contributed by atoms with Crippen LogP contribution in [0.2, 0.25) is 0 Å². The fourth-order valence-electron chi connectivity index (χ4n) is 4.09. The Balaban J connectivity index is 1.42.